The largest absolute Gasteiger partial charge is 0.505 e. The lowest BCUT2D eigenvalue weighted by molar-refractivity contribution is -0.115. The van der Waals surface area contributed by atoms with E-state index in [9.17, 15) is 9.90 Å². The second kappa shape index (κ2) is 5.29. The van der Waals surface area contributed by atoms with E-state index in [0.29, 0.717) is 11.4 Å². The van der Waals surface area contributed by atoms with Gasteiger partial charge in [0.2, 0.25) is 5.91 Å². The second-order valence-electron chi connectivity index (χ2n) is 3.60. The number of aromatic amines is 1. The number of nitrogens with zero attached hydrogens (tertiary/aromatic N) is 1. The van der Waals surface area contributed by atoms with Crippen molar-refractivity contribution in [2.75, 3.05) is 5.32 Å². The first-order chi connectivity index (χ1) is 8.56. The molecule has 0 atom stereocenters. The lowest BCUT2D eigenvalue weighted by atomic mass is 10.2. The molecule has 0 unspecified atom stereocenters. The van der Waals surface area contributed by atoms with Crippen molar-refractivity contribution >= 4 is 34.8 Å². The van der Waals surface area contributed by atoms with Crippen LogP contribution in [0.2, 0.25) is 10.0 Å². The molecule has 1 amide bonds. The van der Waals surface area contributed by atoms with E-state index < -0.39 is 0 Å². The van der Waals surface area contributed by atoms with Gasteiger partial charge in [0.1, 0.15) is 0 Å². The van der Waals surface area contributed by atoms with Crippen LogP contribution in [-0.4, -0.2) is 21.2 Å². The third kappa shape index (κ3) is 2.94. The molecule has 0 aliphatic carbocycles. The number of nitrogens with one attached hydrogen (secondary N) is 2. The highest BCUT2D eigenvalue weighted by atomic mass is 35.5. The van der Waals surface area contributed by atoms with Crippen molar-refractivity contribution in [3.8, 4) is 5.75 Å². The summed E-state index contributed by atoms with van der Waals surface area (Å²) in [5, 5.41) is 18.6. The SMILES string of the molecule is O=C(Cc1ccn[nH]1)Nc1cc(Cl)c(O)c(Cl)c1. The van der Waals surface area contributed by atoms with Crippen LogP contribution in [0.1, 0.15) is 5.69 Å². The fourth-order valence-electron chi connectivity index (χ4n) is 1.40. The number of phenols is 1. The minimum atomic E-state index is -0.239. The van der Waals surface area contributed by atoms with E-state index in [-0.39, 0.29) is 28.1 Å². The van der Waals surface area contributed by atoms with Gasteiger partial charge in [-0.05, 0) is 18.2 Å². The maximum absolute atomic E-state index is 11.7. The molecular weight excluding hydrogens is 277 g/mol. The van der Waals surface area contributed by atoms with Crippen LogP contribution in [0.25, 0.3) is 0 Å². The maximum Gasteiger partial charge on any atom is 0.230 e. The highest BCUT2D eigenvalue weighted by molar-refractivity contribution is 6.37. The van der Waals surface area contributed by atoms with Gasteiger partial charge >= 0.3 is 0 Å². The molecule has 0 saturated carbocycles. The van der Waals surface area contributed by atoms with Gasteiger partial charge < -0.3 is 10.4 Å². The fourth-order valence-corrected chi connectivity index (χ4v) is 1.89. The first-order valence-corrected chi connectivity index (χ1v) is 5.78. The summed E-state index contributed by atoms with van der Waals surface area (Å²) in [5.74, 6) is -0.443. The van der Waals surface area contributed by atoms with Crippen LogP contribution in [-0.2, 0) is 11.2 Å². The smallest absolute Gasteiger partial charge is 0.230 e. The van der Waals surface area contributed by atoms with E-state index in [1.807, 2.05) is 0 Å². The fraction of sp³-hybridized carbons (Fsp3) is 0.0909. The summed E-state index contributed by atoms with van der Waals surface area (Å²) in [6, 6.07) is 4.55. The average Bonchev–Trinajstić information content (AvgIpc) is 2.78. The minimum Gasteiger partial charge on any atom is -0.505 e. The molecule has 94 valence electrons. The molecule has 0 saturated heterocycles. The molecule has 1 heterocycles. The first-order valence-electron chi connectivity index (χ1n) is 5.02. The Kier molecular flexibility index (Phi) is 3.74. The van der Waals surface area contributed by atoms with Crippen LogP contribution in [0.4, 0.5) is 5.69 Å². The number of H-pyrrole nitrogens is 1. The van der Waals surface area contributed by atoms with Gasteiger partial charge in [0, 0.05) is 17.6 Å². The van der Waals surface area contributed by atoms with Crippen LogP contribution in [0.15, 0.2) is 24.4 Å². The van der Waals surface area contributed by atoms with Crippen LogP contribution < -0.4 is 5.32 Å². The van der Waals surface area contributed by atoms with Gasteiger partial charge in [-0.15, -0.1) is 0 Å². The number of carbonyl (C=O) groups is 1. The van der Waals surface area contributed by atoms with Gasteiger partial charge in [-0.3, -0.25) is 9.89 Å². The summed E-state index contributed by atoms with van der Waals surface area (Å²) in [6.07, 6.45) is 1.73. The average molecular weight is 286 g/mol. The van der Waals surface area contributed by atoms with Crippen LogP contribution in [0.5, 0.6) is 5.75 Å². The molecule has 2 rings (SSSR count). The third-order valence-corrected chi connectivity index (χ3v) is 2.79. The summed E-state index contributed by atoms with van der Waals surface area (Å²) in [5.41, 5.74) is 1.12. The Bertz CT molecular complexity index is 547. The lowest BCUT2D eigenvalue weighted by Gasteiger charge is -2.07. The topological polar surface area (TPSA) is 78.0 Å². The number of aromatic nitrogens is 2. The van der Waals surface area contributed by atoms with Crippen molar-refractivity contribution in [1.29, 1.82) is 0 Å². The molecule has 0 radical (unpaired) electrons. The van der Waals surface area contributed by atoms with Gasteiger partial charge in [0.25, 0.3) is 0 Å². The Hall–Kier alpha value is -1.72. The Morgan fingerprint density at radius 2 is 2.06 bits per heavy atom. The van der Waals surface area contributed by atoms with Crippen LogP contribution in [0, 0.1) is 0 Å². The molecule has 1 aromatic carbocycles. The van der Waals surface area contributed by atoms with Crippen molar-refractivity contribution in [3.63, 3.8) is 0 Å². The predicted octanol–water partition coefficient (Wildman–Crippen LogP) is 2.60. The van der Waals surface area contributed by atoms with E-state index in [4.69, 9.17) is 23.2 Å². The first kappa shape index (κ1) is 12.7. The molecule has 7 heteroatoms. The van der Waals surface area contributed by atoms with Crippen LogP contribution >= 0.6 is 23.2 Å². The van der Waals surface area contributed by atoms with E-state index in [1.165, 1.54) is 12.1 Å². The standard InChI is InChI=1S/C11H9Cl2N3O2/c12-8-3-7(4-9(13)11(8)18)15-10(17)5-6-1-2-14-16-6/h1-4,18H,5H2,(H,14,16)(H,15,17). The van der Waals surface area contributed by atoms with Crippen molar-refractivity contribution < 1.29 is 9.90 Å². The number of halogens is 2. The summed E-state index contributed by atoms with van der Waals surface area (Å²) in [4.78, 5) is 11.7. The minimum absolute atomic E-state index is 0.0827. The third-order valence-electron chi connectivity index (χ3n) is 2.21. The monoisotopic (exact) mass is 285 g/mol. The van der Waals surface area contributed by atoms with Crippen molar-refractivity contribution in [3.05, 3.63) is 40.1 Å². The maximum atomic E-state index is 11.7. The molecule has 5 nitrogen and oxygen atoms in total. The molecule has 0 spiro atoms. The highest BCUT2D eigenvalue weighted by Gasteiger charge is 2.10. The zero-order chi connectivity index (χ0) is 13.1. The molecule has 3 N–H and O–H groups in total. The molecule has 0 aliphatic rings. The number of benzene rings is 1. The number of aromatic hydroxyl groups is 1. The van der Waals surface area contributed by atoms with E-state index in [0.717, 1.165) is 0 Å². The van der Waals surface area contributed by atoms with Crippen molar-refractivity contribution in [2.24, 2.45) is 0 Å². The Morgan fingerprint density at radius 3 is 2.61 bits per heavy atom. The Morgan fingerprint density at radius 1 is 1.39 bits per heavy atom. The Balaban J connectivity index is 2.07. The van der Waals surface area contributed by atoms with Gasteiger partial charge in [0.05, 0.1) is 16.5 Å². The molecule has 0 fully saturated rings. The van der Waals surface area contributed by atoms with Gasteiger partial charge in [0.15, 0.2) is 5.75 Å². The lowest BCUT2D eigenvalue weighted by Crippen LogP contribution is -2.14. The van der Waals surface area contributed by atoms with E-state index >= 15 is 0 Å². The normalized spacial score (nSPS) is 10.3. The van der Waals surface area contributed by atoms with Gasteiger partial charge in [-0.25, -0.2) is 0 Å². The zero-order valence-electron chi connectivity index (χ0n) is 9.08. The molecule has 0 aliphatic heterocycles. The summed E-state index contributed by atoms with van der Waals surface area (Å²) in [6.45, 7) is 0. The van der Waals surface area contributed by atoms with Gasteiger partial charge in [-0.2, -0.15) is 5.10 Å². The highest BCUT2D eigenvalue weighted by Crippen LogP contribution is 2.34. The number of anilines is 1. The van der Waals surface area contributed by atoms with Crippen molar-refractivity contribution in [1.82, 2.24) is 10.2 Å². The number of phenolic OH excluding ortho intramolecular Hbond substituents is 1. The quantitative estimate of drug-likeness (QED) is 0.759. The molecular formula is C11H9Cl2N3O2. The van der Waals surface area contributed by atoms with E-state index in [1.54, 1.807) is 12.3 Å². The number of hydrogen-bond donors (Lipinski definition) is 3. The zero-order valence-corrected chi connectivity index (χ0v) is 10.6. The number of hydrogen-bond acceptors (Lipinski definition) is 3. The van der Waals surface area contributed by atoms with Crippen molar-refractivity contribution in [2.45, 2.75) is 6.42 Å². The van der Waals surface area contributed by atoms with Crippen LogP contribution in [0.3, 0.4) is 0 Å². The number of rotatable bonds is 3. The molecule has 2 aromatic rings. The molecule has 0 bridgehead atoms. The predicted molar refractivity (Wildman–Crippen MR) is 69.0 cm³/mol. The number of amides is 1. The summed E-state index contributed by atoms with van der Waals surface area (Å²) < 4.78 is 0. The molecule has 1 aromatic heterocycles. The second-order valence-corrected chi connectivity index (χ2v) is 4.41. The molecule has 18 heavy (non-hydrogen) atoms. The Labute approximate surface area is 113 Å². The number of carbonyl (C=O) groups excluding carboxylic acids is 1. The van der Waals surface area contributed by atoms with Gasteiger partial charge in [-0.1, -0.05) is 23.2 Å². The summed E-state index contributed by atoms with van der Waals surface area (Å²) in [7, 11) is 0. The van der Waals surface area contributed by atoms with E-state index in [2.05, 4.69) is 15.5 Å². The summed E-state index contributed by atoms with van der Waals surface area (Å²) >= 11 is 11.5.